The molecule has 0 heterocycles. The zero-order valence-electron chi connectivity index (χ0n) is 10.2. The predicted octanol–water partition coefficient (Wildman–Crippen LogP) is 4.72. The van der Waals surface area contributed by atoms with Crippen LogP contribution in [0.25, 0.3) is 0 Å². The van der Waals surface area contributed by atoms with Gasteiger partial charge in [-0.15, -0.1) is 0 Å². The highest BCUT2D eigenvalue weighted by molar-refractivity contribution is 6.69. The fourth-order valence-electron chi connectivity index (χ4n) is 1.49. The van der Waals surface area contributed by atoms with E-state index in [1.807, 2.05) is 18.2 Å². The van der Waals surface area contributed by atoms with Crippen molar-refractivity contribution in [2.24, 2.45) is 5.10 Å². The van der Waals surface area contributed by atoms with Crippen molar-refractivity contribution < 1.29 is 13.2 Å². The summed E-state index contributed by atoms with van der Waals surface area (Å²) in [4.78, 5) is 0. The van der Waals surface area contributed by atoms with E-state index in [0.29, 0.717) is 5.56 Å². The lowest BCUT2D eigenvalue weighted by molar-refractivity contribution is -0.137. The van der Waals surface area contributed by atoms with Crippen LogP contribution in [0.1, 0.15) is 11.1 Å². The predicted molar refractivity (Wildman–Crippen MR) is 73.9 cm³/mol. The van der Waals surface area contributed by atoms with E-state index in [1.165, 1.54) is 12.1 Å². The minimum atomic E-state index is -4.36. The largest absolute Gasteiger partial charge is 0.416 e. The van der Waals surface area contributed by atoms with Crippen LogP contribution in [-0.4, -0.2) is 5.17 Å². The summed E-state index contributed by atoms with van der Waals surface area (Å²) in [5.74, 6) is 0. The van der Waals surface area contributed by atoms with E-state index in [1.54, 1.807) is 12.1 Å². The molecule has 2 nitrogen and oxygen atoms in total. The molecule has 0 aromatic heterocycles. The van der Waals surface area contributed by atoms with Crippen LogP contribution in [-0.2, 0) is 6.18 Å². The molecule has 0 saturated heterocycles. The third kappa shape index (κ3) is 3.74. The van der Waals surface area contributed by atoms with E-state index in [0.717, 1.165) is 17.8 Å². The highest BCUT2D eigenvalue weighted by Crippen LogP contribution is 2.29. The SMILES string of the molecule is FC(F)(F)c1ccc(/C(Cl)=N/Nc2ccccc2)cc1. The molecular formula is C14H10ClF3N2. The second-order valence-electron chi connectivity index (χ2n) is 3.96. The van der Waals surface area contributed by atoms with Crippen molar-refractivity contribution >= 4 is 22.5 Å². The summed E-state index contributed by atoms with van der Waals surface area (Å²) < 4.78 is 37.2. The van der Waals surface area contributed by atoms with Gasteiger partial charge in [0.15, 0.2) is 5.17 Å². The standard InChI is InChI=1S/C14H10ClF3N2/c15-13(20-19-12-4-2-1-3-5-12)10-6-8-11(9-7-10)14(16,17)18/h1-9,19H/b20-13-. The second-order valence-corrected chi connectivity index (χ2v) is 4.31. The molecule has 0 aliphatic rings. The number of hydrogen-bond donors (Lipinski definition) is 1. The van der Waals surface area contributed by atoms with Crippen LogP contribution in [0.2, 0.25) is 0 Å². The zero-order valence-corrected chi connectivity index (χ0v) is 10.9. The quantitative estimate of drug-likeness (QED) is 0.643. The normalized spacial score (nSPS) is 12.3. The van der Waals surface area contributed by atoms with E-state index in [-0.39, 0.29) is 5.17 Å². The monoisotopic (exact) mass is 298 g/mol. The maximum absolute atomic E-state index is 12.4. The van der Waals surface area contributed by atoms with Gasteiger partial charge in [-0.1, -0.05) is 41.9 Å². The number of benzene rings is 2. The van der Waals surface area contributed by atoms with E-state index in [2.05, 4.69) is 10.5 Å². The minimum absolute atomic E-state index is 0.0857. The lowest BCUT2D eigenvalue weighted by Crippen LogP contribution is -2.05. The van der Waals surface area contributed by atoms with Crippen molar-refractivity contribution in [3.8, 4) is 0 Å². The van der Waals surface area contributed by atoms with Crippen LogP contribution in [0.15, 0.2) is 59.7 Å². The third-order valence-electron chi connectivity index (χ3n) is 2.51. The van der Waals surface area contributed by atoms with Crippen LogP contribution in [0.3, 0.4) is 0 Å². The van der Waals surface area contributed by atoms with Crippen LogP contribution < -0.4 is 5.43 Å². The van der Waals surface area contributed by atoms with Gasteiger partial charge >= 0.3 is 6.18 Å². The van der Waals surface area contributed by atoms with Crippen molar-refractivity contribution in [3.05, 3.63) is 65.7 Å². The fraction of sp³-hybridized carbons (Fsp3) is 0.0714. The topological polar surface area (TPSA) is 24.4 Å². The Labute approximate surface area is 118 Å². The Morgan fingerprint density at radius 1 is 0.950 bits per heavy atom. The summed E-state index contributed by atoms with van der Waals surface area (Å²) in [7, 11) is 0. The van der Waals surface area contributed by atoms with Gasteiger partial charge in [0, 0.05) is 5.56 Å². The Morgan fingerprint density at radius 2 is 1.55 bits per heavy atom. The molecular weight excluding hydrogens is 289 g/mol. The van der Waals surface area contributed by atoms with Crippen molar-refractivity contribution in [3.63, 3.8) is 0 Å². The first-order valence-corrected chi connectivity index (χ1v) is 6.06. The molecule has 0 bridgehead atoms. The second kappa shape index (κ2) is 5.96. The van der Waals surface area contributed by atoms with E-state index in [9.17, 15) is 13.2 Å². The molecule has 0 fully saturated rings. The molecule has 0 aliphatic carbocycles. The first kappa shape index (κ1) is 14.4. The van der Waals surface area contributed by atoms with Crippen LogP contribution in [0.4, 0.5) is 18.9 Å². The summed E-state index contributed by atoms with van der Waals surface area (Å²) in [6, 6.07) is 13.6. The molecule has 0 radical (unpaired) electrons. The van der Waals surface area contributed by atoms with E-state index >= 15 is 0 Å². The smallest absolute Gasteiger partial charge is 0.277 e. The maximum Gasteiger partial charge on any atom is 0.416 e. The van der Waals surface area contributed by atoms with Crippen LogP contribution in [0, 0.1) is 0 Å². The van der Waals surface area contributed by atoms with Crippen molar-refractivity contribution in [1.29, 1.82) is 0 Å². The van der Waals surface area contributed by atoms with Crippen molar-refractivity contribution in [2.45, 2.75) is 6.18 Å². The number of nitrogens with zero attached hydrogens (tertiary/aromatic N) is 1. The average Bonchev–Trinajstić information content (AvgIpc) is 2.45. The highest BCUT2D eigenvalue weighted by atomic mass is 35.5. The number of anilines is 1. The Bertz CT molecular complexity index is 592. The molecule has 0 amide bonds. The molecule has 6 heteroatoms. The number of para-hydroxylation sites is 1. The summed E-state index contributed by atoms with van der Waals surface area (Å²) >= 11 is 5.93. The van der Waals surface area contributed by atoms with E-state index < -0.39 is 11.7 Å². The highest BCUT2D eigenvalue weighted by Gasteiger charge is 2.30. The number of nitrogens with one attached hydrogen (secondary N) is 1. The maximum atomic E-state index is 12.4. The van der Waals surface area contributed by atoms with Gasteiger partial charge in [-0.2, -0.15) is 18.3 Å². The molecule has 0 saturated carbocycles. The summed E-state index contributed by atoms with van der Waals surface area (Å²) in [6.07, 6.45) is -4.36. The molecule has 1 N–H and O–H groups in total. The molecule has 20 heavy (non-hydrogen) atoms. The third-order valence-corrected chi connectivity index (χ3v) is 2.81. The number of alkyl halides is 3. The number of hydrogen-bond acceptors (Lipinski definition) is 2. The van der Waals surface area contributed by atoms with Crippen molar-refractivity contribution in [2.75, 3.05) is 5.43 Å². The van der Waals surface area contributed by atoms with Gasteiger partial charge in [0.05, 0.1) is 11.3 Å². The van der Waals surface area contributed by atoms with Crippen molar-refractivity contribution in [1.82, 2.24) is 0 Å². The van der Waals surface area contributed by atoms with Gasteiger partial charge in [0.25, 0.3) is 0 Å². The minimum Gasteiger partial charge on any atom is -0.277 e. The number of rotatable bonds is 3. The molecule has 2 aromatic carbocycles. The number of hydrazone groups is 1. The van der Waals surface area contributed by atoms with Crippen LogP contribution in [0.5, 0.6) is 0 Å². The summed E-state index contributed by atoms with van der Waals surface area (Å²) in [5, 5.41) is 3.99. The Morgan fingerprint density at radius 3 is 2.10 bits per heavy atom. The molecule has 0 aliphatic heterocycles. The molecule has 0 atom stereocenters. The first-order valence-electron chi connectivity index (χ1n) is 5.69. The lowest BCUT2D eigenvalue weighted by Gasteiger charge is -2.07. The molecule has 0 spiro atoms. The summed E-state index contributed by atoms with van der Waals surface area (Å²) in [6.45, 7) is 0. The molecule has 0 unspecified atom stereocenters. The average molecular weight is 299 g/mol. The van der Waals surface area contributed by atoms with Gasteiger partial charge in [-0.25, -0.2) is 0 Å². The molecule has 2 rings (SSSR count). The Hall–Kier alpha value is -2.01. The van der Waals surface area contributed by atoms with E-state index in [4.69, 9.17) is 11.6 Å². The first-order chi connectivity index (χ1) is 9.47. The molecule has 104 valence electrons. The summed E-state index contributed by atoms with van der Waals surface area (Å²) in [5.41, 5.74) is 3.14. The van der Waals surface area contributed by atoms with Gasteiger partial charge < -0.3 is 0 Å². The van der Waals surface area contributed by atoms with Gasteiger partial charge in [-0.05, 0) is 24.3 Å². The Kier molecular flexibility index (Phi) is 4.29. The van der Waals surface area contributed by atoms with Crippen LogP contribution >= 0.6 is 11.6 Å². The fourth-order valence-corrected chi connectivity index (χ4v) is 1.66. The zero-order chi connectivity index (χ0) is 14.6. The lowest BCUT2D eigenvalue weighted by atomic mass is 10.1. The van der Waals surface area contributed by atoms with Gasteiger partial charge in [0.2, 0.25) is 0 Å². The van der Waals surface area contributed by atoms with Gasteiger partial charge in [0.1, 0.15) is 0 Å². The Balaban J connectivity index is 2.11. The number of halogens is 4. The molecule has 2 aromatic rings. The van der Waals surface area contributed by atoms with Gasteiger partial charge in [-0.3, -0.25) is 5.43 Å².